The highest BCUT2D eigenvalue weighted by Crippen LogP contribution is 2.36. The molecule has 0 amide bonds. The van der Waals surface area contributed by atoms with E-state index < -0.39 is 0 Å². The fraction of sp³-hybridized carbons (Fsp3) is 0.250. The van der Waals surface area contributed by atoms with Gasteiger partial charge in [-0.2, -0.15) is 4.98 Å². The molecule has 5 heteroatoms. The maximum atomic E-state index is 6.00. The van der Waals surface area contributed by atoms with Gasteiger partial charge in [0.05, 0.1) is 10.6 Å². The second kappa shape index (κ2) is 4.70. The summed E-state index contributed by atoms with van der Waals surface area (Å²) in [6, 6.07) is 10.5. The van der Waals surface area contributed by atoms with Crippen LogP contribution in [0.2, 0.25) is 0 Å². The molecule has 2 N–H and O–H groups in total. The SMILES string of the molecule is Cc1cc(-c2nc(C3Cc4ccccc4C3)no2)c(N)s1. The lowest BCUT2D eigenvalue weighted by Gasteiger charge is -2.00. The molecular weight excluding hydrogens is 282 g/mol. The minimum absolute atomic E-state index is 0.306. The van der Waals surface area contributed by atoms with Crippen LogP contribution in [0.4, 0.5) is 5.00 Å². The van der Waals surface area contributed by atoms with Crippen molar-refractivity contribution in [3.8, 4) is 11.5 Å². The number of thiophene rings is 1. The van der Waals surface area contributed by atoms with E-state index in [9.17, 15) is 0 Å². The van der Waals surface area contributed by atoms with Gasteiger partial charge in [-0.05, 0) is 37.0 Å². The van der Waals surface area contributed by atoms with E-state index in [-0.39, 0.29) is 0 Å². The third-order valence-corrected chi connectivity index (χ3v) is 4.85. The molecule has 0 unspecified atom stereocenters. The Hall–Kier alpha value is -2.14. The Balaban J connectivity index is 1.63. The lowest BCUT2D eigenvalue weighted by Crippen LogP contribution is -2.00. The summed E-state index contributed by atoms with van der Waals surface area (Å²) in [4.78, 5) is 5.72. The fourth-order valence-electron chi connectivity index (χ4n) is 2.95. The Morgan fingerprint density at radius 1 is 1.24 bits per heavy atom. The van der Waals surface area contributed by atoms with Crippen molar-refractivity contribution in [2.75, 3.05) is 5.73 Å². The molecule has 3 aromatic rings. The summed E-state index contributed by atoms with van der Waals surface area (Å²) < 4.78 is 5.42. The van der Waals surface area contributed by atoms with Crippen LogP contribution in [-0.2, 0) is 12.8 Å². The van der Waals surface area contributed by atoms with E-state index in [1.165, 1.54) is 11.1 Å². The number of hydrogen-bond donors (Lipinski definition) is 1. The van der Waals surface area contributed by atoms with Crippen LogP contribution in [0.15, 0.2) is 34.9 Å². The number of benzene rings is 1. The number of nitrogens with two attached hydrogens (primary N) is 1. The summed E-state index contributed by atoms with van der Waals surface area (Å²) in [5.41, 5.74) is 9.63. The van der Waals surface area contributed by atoms with Gasteiger partial charge in [-0.15, -0.1) is 11.3 Å². The first kappa shape index (κ1) is 12.6. The number of nitrogens with zero attached hydrogens (tertiary/aromatic N) is 2. The van der Waals surface area contributed by atoms with E-state index in [0.29, 0.717) is 11.8 Å². The molecule has 4 nitrogen and oxygen atoms in total. The minimum Gasteiger partial charge on any atom is -0.390 e. The van der Waals surface area contributed by atoms with E-state index in [4.69, 9.17) is 10.3 Å². The van der Waals surface area contributed by atoms with Crippen molar-refractivity contribution in [3.05, 3.63) is 52.2 Å². The van der Waals surface area contributed by atoms with Crippen LogP contribution in [0.25, 0.3) is 11.5 Å². The van der Waals surface area contributed by atoms with Crippen molar-refractivity contribution in [2.24, 2.45) is 0 Å². The highest BCUT2D eigenvalue weighted by molar-refractivity contribution is 7.16. The van der Waals surface area contributed by atoms with Crippen LogP contribution in [0.1, 0.15) is 27.7 Å². The number of aromatic nitrogens is 2. The number of anilines is 1. The molecule has 0 aliphatic heterocycles. The zero-order valence-corrected chi connectivity index (χ0v) is 12.5. The molecule has 106 valence electrons. The molecule has 2 aromatic heterocycles. The van der Waals surface area contributed by atoms with E-state index >= 15 is 0 Å². The molecule has 4 rings (SSSR count). The highest BCUT2D eigenvalue weighted by atomic mass is 32.1. The van der Waals surface area contributed by atoms with E-state index in [1.807, 2.05) is 13.0 Å². The molecule has 21 heavy (non-hydrogen) atoms. The summed E-state index contributed by atoms with van der Waals surface area (Å²) in [5, 5.41) is 4.90. The fourth-order valence-corrected chi connectivity index (χ4v) is 3.73. The molecule has 2 heterocycles. The van der Waals surface area contributed by atoms with Crippen LogP contribution < -0.4 is 5.73 Å². The van der Waals surface area contributed by atoms with E-state index in [2.05, 4.69) is 34.4 Å². The number of rotatable bonds is 2. The quantitative estimate of drug-likeness (QED) is 0.785. The summed E-state index contributed by atoms with van der Waals surface area (Å²) in [6.07, 6.45) is 1.96. The monoisotopic (exact) mass is 297 g/mol. The molecule has 0 saturated heterocycles. The van der Waals surface area contributed by atoms with Gasteiger partial charge in [0.15, 0.2) is 5.82 Å². The van der Waals surface area contributed by atoms with Gasteiger partial charge in [-0.3, -0.25) is 0 Å². The third-order valence-electron chi connectivity index (χ3n) is 3.97. The molecule has 0 fully saturated rings. The second-order valence-corrected chi connectivity index (χ2v) is 6.75. The average Bonchev–Trinajstić information content (AvgIpc) is 3.15. The molecular formula is C16H15N3OS. The van der Waals surface area contributed by atoms with Gasteiger partial charge in [0, 0.05) is 10.8 Å². The maximum Gasteiger partial charge on any atom is 0.260 e. The van der Waals surface area contributed by atoms with Crippen molar-refractivity contribution in [3.63, 3.8) is 0 Å². The molecule has 0 bridgehead atoms. The second-order valence-electron chi connectivity index (χ2n) is 5.47. The highest BCUT2D eigenvalue weighted by Gasteiger charge is 2.27. The molecule has 0 saturated carbocycles. The van der Waals surface area contributed by atoms with Gasteiger partial charge in [0.25, 0.3) is 5.89 Å². The standard InChI is InChI=1S/C16H15N3OS/c1-9-6-13(14(17)21-9)16-18-15(19-20-16)12-7-10-4-2-3-5-11(10)8-12/h2-6,12H,7-8,17H2,1H3. The predicted octanol–water partition coefficient (Wildman–Crippen LogP) is 3.57. The zero-order valence-electron chi connectivity index (χ0n) is 11.7. The topological polar surface area (TPSA) is 64.9 Å². The van der Waals surface area contributed by atoms with Crippen molar-refractivity contribution in [1.82, 2.24) is 10.1 Å². The van der Waals surface area contributed by atoms with Gasteiger partial charge in [0.1, 0.15) is 0 Å². The van der Waals surface area contributed by atoms with Gasteiger partial charge >= 0.3 is 0 Å². The van der Waals surface area contributed by atoms with Crippen molar-refractivity contribution < 1.29 is 4.52 Å². The number of hydrogen-bond acceptors (Lipinski definition) is 5. The Kier molecular flexibility index (Phi) is 2.82. The van der Waals surface area contributed by atoms with Crippen LogP contribution in [0.5, 0.6) is 0 Å². The van der Waals surface area contributed by atoms with E-state index in [1.54, 1.807) is 11.3 Å². The molecule has 0 radical (unpaired) electrons. The lowest BCUT2D eigenvalue weighted by atomic mass is 10.1. The first-order chi connectivity index (χ1) is 10.2. The van der Waals surface area contributed by atoms with Gasteiger partial charge in [0.2, 0.25) is 0 Å². The first-order valence-corrected chi connectivity index (χ1v) is 7.79. The summed E-state index contributed by atoms with van der Waals surface area (Å²) in [6.45, 7) is 2.02. The molecule has 1 aliphatic rings. The minimum atomic E-state index is 0.306. The van der Waals surface area contributed by atoms with Crippen LogP contribution in [0.3, 0.4) is 0 Å². The average molecular weight is 297 g/mol. The van der Waals surface area contributed by atoms with Crippen molar-refractivity contribution in [1.29, 1.82) is 0 Å². The molecule has 1 aromatic carbocycles. The lowest BCUT2D eigenvalue weighted by molar-refractivity contribution is 0.416. The predicted molar refractivity (Wildman–Crippen MR) is 83.4 cm³/mol. The Labute approximate surface area is 126 Å². The molecule has 1 aliphatic carbocycles. The Morgan fingerprint density at radius 2 is 1.95 bits per heavy atom. The summed E-state index contributed by atoms with van der Waals surface area (Å²) in [7, 11) is 0. The van der Waals surface area contributed by atoms with Crippen LogP contribution in [0, 0.1) is 6.92 Å². The number of aryl methyl sites for hydroxylation is 1. The molecule has 0 spiro atoms. The Morgan fingerprint density at radius 3 is 2.57 bits per heavy atom. The Bertz CT molecular complexity index is 780. The van der Waals surface area contributed by atoms with E-state index in [0.717, 1.165) is 34.1 Å². The van der Waals surface area contributed by atoms with Crippen LogP contribution in [-0.4, -0.2) is 10.1 Å². The van der Waals surface area contributed by atoms with Crippen molar-refractivity contribution >= 4 is 16.3 Å². The third kappa shape index (κ3) is 2.14. The normalized spacial score (nSPS) is 14.5. The van der Waals surface area contributed by atoms with Gasteiger partial charge in [-0.1, -0.05) is 29.4 Å². The summed E-state index contributed by atoms with van der Waals surface area (Å²) in [5.74, 6) is 1.62. The number of nitrogen functional groups attached to an aromatic ring is 1. The van der Waals surface area contributed by atoms with Crippen molar-refractivity contribution in [2.45, 2.75) is 25.7 Å². The van der Waals surface area contributed by atoms with Gasteiger partial charge in [-0.25, -0.2) is 0 Å². The van der Waals surface area contributed by atoms with Crippen LogP contribution >= 0.6 is 11.3 Å². The zero-order chi connectivity index (χ0) is 14.4. The smallest absolute Gasteiger partial charge is 0.260 e. The largest absolute Gasteiger partial charge is 0.390 e. The first-order valence-electron chi connectivity index (χ1n) is 6.97. The number of fused-ring (bicyclic) bond motifs is 1. The maximum absolute atomic E-state index is 6.00. The van der Waals surface area contributed by atoms with Gasteiger partial charge < -0.3 is 10.3 Å². The molecule has 0 atom stereocenters. The summed E-state index contributed by atoms with van der Waals surface area (Å²) >= 11 is 1.55.